The Hall–Kier alpha value is -0.600. The van der Waals surface area contributed by atoms with Gasteiger partial charge in [-0.2, -0.15) is 0 Å². The highest BCUT2D eigenvalue weighted by molar-refractivity contribution is 6.31. The Labute approximate surface area is 121 Å². The molecule has 0 aliphatic rings. The summed E-state index contributed by atoms with van der Waals surface area (Å²) in [6, 6.07) is 5.05. The summed E-state index contributed by atoms with van der Waals surface area (Å²) in [4.78, 5) is 0. The summed E-state index contributed by atoms with van der Waals surface area (Å²) >= 11 is 6.17. The Morgan fingerprint density at radius 1 is 1.26 bits per heavy atom. The van der Waals surface area contributed by atoms with Crippen LogP contribution in [0.5, 0.6) is 0 Å². The quantitative estimate of drug-likeness (QED) is 0.828. The van der Waals surface area contributed by atoms with Crippen molar-refractivity contribution < 1.29 is 4.39 Å². The SMILES string of the molecule is CC(C)NCC(Cc1cc(F)ccc1Cl)C(C)(C)C. The van der Waals surface area contributed by atoms with Crippen molar-refractivity contribution in [2.24, 2.45) is 11.3 Å². The Balaban J connectivity index is 2.85. The average Bonchev–Trinajstić information content (AvgIpc) is 2.26. The van der Waals surface area contributed by atoms with E-state index in [9.17, 15) is 4.39 Å². The third-order valence-electron chi connectivity index (χ3n) is 3.47. The Morgan fingerprint density at radius 2 is 1.89 bits per heavy atom. The molecule has 0 spiro atoms. The molecule has 0 bridgehead atoms. The summed E-state index contributed by atoms with van der Waals surface area (Å²) in [6.07, 6.45) is 0.791. The molecule has 19 heavy (non-hydrogen) atoms. The zero-order valence-corrected chi connectivity index (χ0v) is 13.3. The van der Waals surface area contributed by atoms with Gasteiger partial charge in [0.05, 0.1) is 0 Å². The molecule has 1 aromatic carbocycles. The molecule has 3 heteroatoms. The lowest BCUT2D eigenvalue weighted by atomic mass is 9.77. The van der Waals surface area contributed by atoms with Crippen LogP contribution in [0.2, 0.25) is 5.02 Å². The molecule has 0 aliphatic heterocycles. The molecule has 0 heterocycles. The van der Waals surface area contributed by atoms with Crippen LogP contribution in [0.15, 0.2) is 18.2 Å². The van der Waals surface area contributed by atoms with Gasteiger partial charge in [-0.25, -0.2) is 4.39 Å². The van der Waals surface area contributed by atoms with Crippen molar-refractivity contribution in [3.63, 3.8) is 0 Å². The molecule has 0 saturated carbocycles. The van der Waals surface area contributed by atoms with Gasteiger partial charge in [-0.15, -0.1) is 0 Å². The van der Waals surface area contributed by atoms with Gasteiger partial charge in [0.25, 0.3) is 0 Å². The monoisotopic (exact) mass is 285 g/mol. The van der Waals surface area contributed by atoms with Gasteiger partial charge in [-0.3, -0.25) is 0 Å². The maximum absolute atomic E-state index is 13.3. The van der Waals surface area contributed by atoms with Crippen LogP contribution in [0.4, 0.5) is 4.39 Å². The van der Waals surface area contributed by atoms with Crippen molar-refractivity contribution in [2.75, 3.05) is 6.54 Å². The minimum absolute atomic E-state index is 0.150. The van der Waals surface area contributed by atoms with Crippen molar-refractivity contribution in [3.8, 4) is 0 Å². The van der Waals surface area contributed by atoms with Crippen LogP contribution in [-0.4, -0.2) is 12.6 Å². The number of hydrogen-bond acceptors (Lipinski definition) is 1. The maximum Gasteiger partial charge on any atom is 0.123 e. The molecule has 0 radical (unpaired) electrons. The van der Waals surface area contributed by atoms with E-state index in [1.165, 1.54) is 6.07 Å². The smallest absolute Gasteiger partial charge is 0.123 e. The van der Waals surface area contributed by atoms with Crippen LogP contribution in [-0.2, 0) is 6.42 Å². The van der Waals surface area contributed by atoms with E-state index in [0.717, 1.165) is 18.5 Å². The molecule has 1 N–H and O–H groups in total. The zero-order chi connectivity index (χ0) is 14.6. The van der Waals surface area contributed by atoms with Crippen LogP contribution in [0.1, 0.15) is 40.2 Å². The van der Waals surface area contributed by atoms with Crippen LogP contribution in [0.3, 0.4) is 0 Å². The van der Waals surface area contributed by atoms with Gasteiger partial charge < -0.3 is 5.32 Å². The molecule has 108 valence electrons. The second-order valence-corrected chi connectivity index (χ2v) is 6.97. The normalized spacial score (nSPS) is 13.9. The van der Waals surface area contributed by atoms with Gasteiger partial charge in [0, 0.05) is 11.1 Å². The molecule has 0 amide bonds. The third-order valence-corrected chi connectivity index (χ3v) is 3.84. The molecule has 1 nitrogen and oxygen atoms in total. The highest BCUT2D eigenvalue weighted by atomic mass is 35.5. The van der Waals surface area contributed by atoms with Crippen molar-refractivity contribution in [2.45, 2.75) is 47.1 Å². The molecular weight excluding hydrogens is 261 g/mol. The van der Waals surface area contributed by atoms with Crippen LogP contribution < -0.4 is 5.32 Å². The second-order valence-electron chi connectivity index (χ2n) is 6.57. The molecule has 1 unspecified atom stereocenters. The first-order chi connectivity index (χ1) is 8.70. The summed E-state index contributed by atoms with van der Waals surface area (Å²) in [5.41, 5.74) is 1.05. The summed E-state index contributed by atoms with van der Waals surface area (Å²) in [5, 5.41) is 4.12. The van der Waals surface area contributed by atoms with Gasteiger partial charge in [-0.1, -0.05) is 46.2 Å². The van der Waals surface area contributed by atoms with Crippen molar-refractivity contribution in [3.05, 3.63) is 34.6 Å². The fourth-order valence-corrected chi connectivity index (χ4v) is 2.22. The highest BCUT2D eigenvalue weighted by Gasteiger charge is 2.25. The van der Waals surface area contributed by atoms with Crippen molar-refractivity contribution in [1.29, 1.82) is 0 Å². The molecule has 0 fully saturated rings. The van der Waals surface area contributed by atoms with E-state index in [1.54, 1.807) is 12.1 Å². The Kier molecular flexibility index (Phi) is 5.82. The maximum atomic E-state index is 13.3. The number of benzene rings is 1. The number of rotatable bonds is 5. The van der Waals surface area contributed by atoms with Gasteiger partial charge in [-0.05, 0) is 48.1 Å². The zero-order valence-electron chi connectivity index (χ0n) is 12.6. The Bertz CT molecular complexity index is 410. The van der Waals surface area contributed by atoms with E-state index in [2.05, 4.69) is 39.9 Å². The van der Waals surface area contributed by atoms with Gasteiger partial charge >= 0.3 is 0 Å². The lowest BCUT2D eigenvalue weighted by Crippen LogP contribution is -2.36. The Morgan fingerprint density at radius 3 is 2.42 bits per heavy atom. The van der Waals surface area contributed by atoms with Crippen LogP contribution in [0.25, 0.3) is 0 Å². The topological polar surface area (TPSA) is 12.0 Å². The molecular formula is C16H25ClFN. The van der Waals surface area contributed by atoms with Gasteiger partial charge in [0.1, 0.15) is 5.82 Å². The molecule has 1 atom stereocenters. The lowest BCUT2D eigenvalue weighted by molar-refractivity contribution is 0.226. The number of nitrogens with one attached hydrogen (secondary N) is 1. The minimum Gasteiger partial charge on any atom is -0.314 e. The largest absolute Gasteiger partial charge is 0.314 e. The van der Waals surface area contributed by atoms with Gasteiger partial charge in [0.15, 0.2) is 0 Å². The van der Waals surface area contributed by atoms with Crippen molar-refractivity contribution >= 4 is 11.6 Å². The van der Waals surface area contributed by atoms with Crippen LogP contribution in [0, 0.1) is 17.2 Å². The lowest BCUT2D eigenvalue weighted by Gasteiger charge is -2.32. The number of hydrogen-bond donors (Lipinski definition) is 1. The van der Waals surface area contributed by atoms with E-state index in [-0.39, 0.29) is 11.2 Å². The summed E-state index contributed by atoms with van der Waals surface area (Å²) in [7, 11) is 0. The highest BCUT2D eigenvalue weighted by Crippen LogP contribution is 2.31. The third kappa shape index (κ3) is 5.50. The van der Waals surface area contributed by atoms with E-state index in [4.69, 9.17) is 11.6 Å². The first-order valence-corrected chi connectivity index (χ1v) is 7.25. The predicted molar refractivity (Wildman–Crippen MR) is 81.2 cm³/mol. The summed E-state index contributed by atoms with van der Waals surface area (Å²) < 4.78 is 13.3. The standard InChI is InChI=1S/C16H25ClFN/c1-11(2)19-10-13(16(3,4)5)8-12-9-14(18)6-7-15(12)17/h6-7,9,11,13,19H,8,10H2,1-5H3. The molecule has 0 aromatic heterocycles. The van der Waals surface area contributed by atoms with Crippen LogP contribution >= 0.6 is 11.6 Å². The fourth-order valence-electron chi connectivity index (χ4n) is 2.03. The first kappa shape index (κ1) is 16.5. The molecule has 0 saturated heterocycles. The van der Waals surface area contributed by atoms with E-state index in [0.29, 0.717) is 17.0 Å². The molecule has 1 aromatic rings. The van der Waals surface area contributed by atoms with E-state index < -0.39 is 0 Å². The van der Waals surface area contributed by atoms with Gasteiger partial charge in [0.2, 0.25) is 0 Å². The summed E-state index contributed by atoms with van der Waals surface area (Å²) in [5.74, 6) is 0.193. The molecule has 0 aliphatic carbocycles. The first-order valence-electron chi connectivity index (χ1n) is 6.87. The van der Waals surface area contributed by atoms with E-state index in [1.807, 2.05) is 0 Å². The predicted octanol–water partition coefficient (Wildman–Crippen LogP) is 4.68. The van der Waals surface area contributed by atoms with Crippen molar-refractivity contribution in [1.82, 2.24) is 5.32 Å². The number of halogens is 2. The van der Waals surface area contributed by atoms with E-state index >= 15 is 0 Å². The summed E-state index contributed by atoms with van der Waals surface area (Å²) in [6.45, 7) is 11.8. The second kappa shape index (κ2) is 6.71. The fraction of sp³-hybridized carbons (Fsp3) is 0.625. The minimum atomic E-state index is -0.219. The molecule has 1 rings (SSSR count). The average molecular weight is 286 g/mol.